The summed E-state index contributed by atoms with van der Waals surface area (Å²) >= 11 is 11.7. The number of halogens is 2. The first-order chi connectivity index (χ1) is 10.00. The van der Waals surface area contributed by atoms with Crippen LogP contribution in [-0.4, -0.2) is 30.3 Å². The lowest BCUT2D eigenvalue weighted by Gasteiger charge is -2.43. The molecule has 1 aromatic heterocycles. The van der Waals surface area contributed by atoms with E-state index in [4.69, 9.17) is 23.2 Å². The predicted molar refractivity (Wildman–Crippen MR) is 83.1 cm³/mol. The third-order valence-electron chi connectivity index (χ3n) is 4.57. The van der Waals surface area contributed by atoms with Gasteiger partial charge in [0.2, 0.25) is 10.0 Å². The molecule has 2 fully saturated rings. The summed E-state index contributed by atoms with van der Waals surface area (Å²) in [7, 11) is -3.54. The third-order valence-corrected chi connectivity index (χ3v) is 7.15. The number of hydrogen-bond donors (Lipinski definition) is 0. The van der Waals surface area contributed by atoms with Crippen LogP contribution in [0.5, 0.6) is 0 Å². The molecule has 0 amide bonds. The molecule has 2 aliphatic rings. The number of aromatic nitrogens is 1. The Labute approximate surface area is 135 Å². The van der Waals surface area contributed by atoms with E-state index in [0.29, 0.717) is 12.5 Å². The van der Waals surface area contributed by atoms with Gasteiger partial charge in [0, 0.05) is 18.8 Å². The number of piperidine rings is 1. The Kier molecular flexibility index (Phi) is 4.46. The fourth-order valence-electron chi connectivity index (χ4n) is 3.56. The number of hydrogen-bond acceptors (Lipinski definition) is 3. The lowest BCUT2D eigenvalue weighted by atomic mass is 9.79. The fraction of sp³-hybridized carbons (Fsp3) is 0.643. The second-order valence-corrected chi connectivity index (χ2v) is 8.47. The first-order valence-corrected chi connectivity index (χ1v) is 9.52. The molecule has 2 unspecified atom stereocenters. The van der Waals surface area contributed by atoms with E-state index >= 15 is 0 Å². The van der Waals surface area contributed by atoms with Gasteiger partial charge in [-0.05, 0) is 37.7 Å². The van der Waals surface area contributed by atoms with Gasteiger partial charge in [0.15, 0.2) is 0 Å². The van der Waals surface area contributed by atoms with Gasteiger partial charge in [-0.1, -0.05) is 36.0 Å². The molecule has 0 spiro atoms. The van der Waals surface area contributed by atoms with Crippen LogP contribution in [0.1, 0.15) is 38.5 Å². The number of fused-ring (bicyclic) bond motifs is 1. The summed E-state index contributed by atoms with van der Waals surface area (Å²) in [5.41, 5.74) is 0. The predicted octanol–water partition coefficient (Wildman–Crippen LogP) is 3.73. The van der Waals surface area contributed by atoms with Crippen molar-refractivity contribution in [2.75, 3.05) is 6.54 Å². The van der Waals surface area contributed by atoms with Gasteiger partial charge in [-0.15, -0.1) is 0 Å². The van der Waals surface area contributed by atoms with E-state index in [9.17, 15) is 8.42 Å². The first kappa shape index (κ1) is 15.5. The molecule has 0 radical (unpaired) electrons. The minimum atomic E-state index is -3.54. The molecule has 0 bridgehead atoms. The summed E-state index contributed by atoms with van der Waals surface area (Å²) < 4.78 is 27.4. The zero-order valence-corrected chi connectivity index (χ0v) is 14.0. The van der Waals surface area contributed by atoms with Crippen molar-refractivity contribution in [3.8, 4) is 0 Å². The van der Waals surface area contributed by atoms with Gasteiger partial charge in [0.1, 0.15) is 10.0 Å². The summed E-state index contributed by atoms with van der Waals surface area (Å²) in [6.45, 7) is 0.587. The van der Waals surface area contributed by atoms with Gasteiger partial charge in [-0.3, -0.25) is 0 Å². The SMILES string of the molecule is O=S(=O)(c1cnc(Cl)c(Cl)c1)N1CCCC2CCCCC21. The summed E-state index contributed by atoms with van der Waals surface area (Å²) in [5, 5.41) is 0.305. The van der Waals surface area contributed by atoms with Gasteiger partial charge >= 0.3 is 0 Å². The van der Waals surface area contributed by atoms with Crippen molar-refractivity contribution in [1.29, 1.82) is 0 Å². The summed E-state index contributed by atoms with van der Waals surface area (Å²) in [4.78, 5) is 4.01. The van der Waals surface area contributed by atoms with Gasteiger partial charge in [0.05, 0.1) is 5.02 Å². The van der Waals surface area contributed by atoms with Crippen LogP contribution in [0.15, 0.2) is 17.2 Å². The Morgan fingerprint density at radius 1 is 1.14 bits per heavy atom. The molecule has 0 N–H and O–H groups in total. The molecule has 4 nitrogen and oxygen atoms in total. The quantitative estimate of drug-likeness (QED) is 0.765. The Balaban J connectivity index is 1.94. The Morgan fingerprint density at radius 3 is 2.62 bits per heavy atom. The van der Waals surface area contributed by atoms with Crippen molar-refractivity contribution in [3.63, 3.8) is 0 Å². The van der Waals surface area contributed by atoms with Gasteiger partial charge in [0.25, 0.3) is 0 Å². The van der Waals surface area contributed by atoms with Crippen molar-refractivity contribution in [2.24, 2.45) is 5.92 Å². The van der Waals surface area contributed by atoms with Crippen LogP contribution in [0.2, 0.25) is 10.2 Å². The second kappa shape index (κ2) is 6.03. The van der Waals surface area contributed by atoms with E-state index in [1.54, 1.807) is 4.31 Å². The highest BCUT2D eigenvalue weighted by atomic mass is 35.5. The van der Waals surface area contributed by atoms with E-state index in [1.807, 2.05) is 0 Å². The summed E-state index contributed by atoms with van der Waals surface area (Å²) in [5.74, 6) is 0.498. The number of rotatable bonds is 2. The maximum absolute atomic E-state index is 12.9. The molecule has 2 heterocycles. The maximum Gasteiger partial charge on any atom is 0.244 e. The molecule has 2 atom stereocenters. The Morgan fingerprint density at radius 2 is 1.86 bits per heavy atom. The van der Waals surface area contributed by atoms with E-state index in [2.05, 4.69) is 4.98 Å². The average Bonchev–Trinajstić information content (AvgIpc) is 2.49. The van der Waals surface area contributed by atoms with Crippen LogP contribution in [0.4, 0.5) is 0 Å². The molecule has 1 saturated heterocycles. The zero-order valence-electron chi connectivity index (χ0n) is 11.6. The Hall–Kier alpha value is -0.360. The van der Waals surface area contributed by atoms with Crippen LogP contribution in [-0.2, 0) is 10.0 Å². The molecule has 7 heteroatoms. The molecule has 1 aliphatic carbocycles. The standard InChI is InChI=1S/C14H18Cl2N2O2S/c15-12-8-11(9-17-14(12)16)21(19,20)18-7-3-5-10-4-1-2-6-13(10)18/h8-10,13H,1-7H2. The number of sulfonamides is 1. The van der Waals surface area contributed by atoms with E-state index in [0.717, 1.165) is 32.1 Å². The molecule has 0 aromatic carbocycles. The van der Waals surface area contributed by atoms with E-state index in [1.165, 1.54) is 18.7 Å². The third kappa shape index (κ3) is 2.93. The zero-order chi connectivity index (χ0) is 15.0. The minimum Gasteiger partial charge on any atom is -0.242 e. The smallest absolute Gasteiger partial charge is 0.242 e. The van der Waals surface area contributed by atoms with Crippen molar-refractivity contribution in [3.05, 3.63) is 22.4 Å². The number of nitrogens with zero attached hydrogens (tertiary/aromatic N) is 2. The average molecular weight is 349 g/mol. The van der Waals surface area contributed by atoms with Crippen LogP contribution < -0.4 is 0 Å². The summed E-state index contributed by atoms with van der Waals surface area (Å²) in [6.07, 6.45) is 7.77. The first-order valence-electron chi connectivity index (χ1n) is 7.33. The lowest BCUT2D eigenvalue weighted by Crippen LogP contribution is -2.49. The lowest BCUT2D eigenvalue weighted by molar-refractivity contribution is 0.129. The second-order valence-electron chi connectivity index (χ2n) is 5.81. The fourth-order valence-corrected chi connectivity index (χ4v) is 5.62. The minimum absolute atomic E-state index is 0.129. The molecule has 1 aromatic rings. The van der Waals surface area contributed by atoms with E-state index in [-0.39, 0.29) is 21.1 Å². The van der Waals surface area contributed by atoms with E-state index < -0.39 is 10.0 Å². The maximum atomic E-state index is 12.9. The molecule has 1 aliphatic heterocycles. The molecule has 116 valence electrons. The molecule has 21 heavy (non-hydrogen) atoms. The molecular weight excluding hydrogens is 331 g/mol. The van der Waals surface area contributed by atoms with Crippen LogP contribution in [0, 0.1) is 5.92 Å². The highest BCUT2D eigenvalue weighted by molar-refractivity contribution is 7.89. The molecule has 3 rings (SSSR count). The van der Waals surface area contributed by atoms with Gasteiger partial charge in [-0.2, -0.15) is 4.31 Å². The molecule has 1 saturated carbocycles. The molecular formula is C14H18Cl2N2O2S. The highest BCUT2D eigenvalue weighted by Crippen LogP contribution is 2.38. The Bertz CT molecular complexity index is 634. The van der Waals surface area contributed by atoms with Crippen molar-refractivity contribution in [2.45, 2.75) is 49.5 Å². The highest BCUT2D eigenvalue weighted by Gasteiger charge is 2.40. The van der Waals surface area contributed by atoms with Crippen LogP contribution in [0.3, 0.4) is 0 Å². The van der Waals surface area contributed by atoms with Crippen molar-refractivity contribution < 1.29 is 8.42 Å². The van der Waals surface area contributed by atoms with Crippen LogP contribution >= 0.6 is 23.2 Å². The van der Waals surface area contributed by atoms with Crippen LogP contribution in [0.25, 0.3) is 0 Å². The normalized spacial score (nSPS) is 27.3. The monoisotopic (exact) mass is 348 g/mol. The van der Waals surface area contributed by atoms with Gasteiger partial charge < -0.3 is 0 Å². The summed E-state index contributed by atoms with van der Waals surface area (Å²) in [6, 6.07) is 1.53. The number of pyridine rings is 1. The largest absolute Gasteiger partial charge is 0.244 e. The topological polar surface area (TPSA) is 50.3 Å². The van der Waals surface area contributed by atoms with Crippen molar-refractivity contribution in [1.82, 2.24) is 9.29 Å². The van der Waals surface area contributed by atoms with Gasteiger partial charge in [-0.25, -0.2) is 13.4 Å². The van der Waals surface area contributed by atoms with Crippen molar-refractivity contribution >= 4 is 33.2 Å².